The third-order valence-electron chi connectivity index (χ3n) is 5.88. The van der Waals surface area contributed by atoms with E-state index in [9.17, 15) is 22.8 Å². The van der Waals surface area contributed by atoms with Crippen LogP contribution in [0.5, 0.6) is 0 Å². The Labute approximate surface area is 199 Å². The van der Waals surface area contributed by atoms with Crippen LogP contribution in [0.2, 0.25) is 0 Å². The highest BCUT2D eigenvalue weighted by Gasteiger charge is 2.53. The first kappa shape index (κ1) is 24.3. The first-order valence-electron chi connectivity index (χ1n) is 10.9. The summed E-state index contributed by atoms with van der Waals surface area (Å²) in [5.74, 6) is -0.00910. The average molecular weight is 491 g/mol. The highest BCUT2D eigenvalue weighted by Crippen LogP contribution is 2.36. The number of para-hydroxylation sites is 1. The smallest absolute Gasteiger partial charge is 0.431 e. The average Bonchev–Trinajstić information content (AvgIpc) is 3.11. The number of halogens is 3. The van der Waals surface area contributed by atoms with Crippen LogP contribution in [-0.4, -0.2) is 57.5 Å². The largest absolute Gasteiger partial charge is 0.494 e. The van der Waals surface area contributed by atoms with Crippen LogP contribution >= 0.6 is 0 Å². The number of imide groups is 1. The number of fused-ring (bicyclic) bond motifs is 1. The summed E-state index contributed by atoms with van der Waals surface area (Å²) in [6.45, 7) is 4.85. The number of hydrogen-bond acceptors (Lipinski definition) is 7. The first-order valence-corrected chi connectivity index (χ1v) is 10.9. The van der Waals surface area contributed by atoms with E-state index < -0.39 is 41.7 Å². The highest BCUT2D eigenvalue weighted by atomic mass is 19.4. The zero-order chi connectivity index (χ0) is 25.4. The number of allylic oxidation sites excluding steroid dienone is 2. The van der Waals surface area contributed by atoms with Gasteiger partial charge in [0.25, 0.3) is 0 Å². The summed E-state index contributed by atoms with van der Waals surface area (Å²) in [4.78, 5) is 34.6. The van der Waals surface area contributed by atoms with E-state index in [0.29, 0.717) is 11.1 Å². The number of amides is 3. The lowest BCUT2D eigenvalue weighted by Crippen LogP contribution is -2.58. The van der Waals surface area contributed by atoms with Gasteiger partial charge in [-0.05, 0) is 32.4 Å². The van der Waals surface area contributed by atoms with Crippen LogP contribution < -0.4 is 10.6 Å². The Bertz CT molecular complexity index is 1210. The number of rotatable bonds is 5. The molecule has 1 unspecified atom stereocenters. The molecule has 12 heteroatoms. The SMILES string of the molecule is CCOC1=CC(C)([C@H]2OC(=O)N(C(=O)NCc3cccc4cncnc34)[C@H]2C)NC(C(F)(F)F)=C1. The second kappa shape index (κ2) is 9.08. The van der Waals surface area contributed by atoms with Crippen molar-refractivity contribution in [1.82, 2.24) is 25.5 Å². The van der Waals surface area contributed by atoms with Gasteiger partial charge in [0.1, 0.15) is 17.8 Å². The highest BCUT2D eigenvalue weighted by molar-refractivity contribution is 5.93. The van der Waals surface area contributed by atoms with Gasteiger partial charge in [0.2, 0.25) is 0 Å². The van der Waals surface area contributed by atoms with E-state index in [1.54, 1.807) is 25.3 Å². The van der Waals surface area contributed by atoms with Crippen LogP contribution in [0.1, 0.15) is 26.3 Å². The van der Waals surface area contributed by atoms with E-state index >= 15 is 0 Å². The van der Waals surface area contributed by atoms with E-state index in [-0.39, 0.29) is 18.9 Å². The molecule has 3 heterocycles. The summed E-state index contributed by atoms with van der Waals surface area (Å²) in [5, 5.41) is 5.87. The maximum Gasteiger partial charge on any atom is 0.431 e. The first-order chi connectivity index (χ1) is 16.5. The van der Waals surface area contributed by atoms with Gasteiger partial charge in [-0.3, -0.25) is 0 Å². The van der Waals surface area contributed by atoms with Gasteiger partial charge in [0.15, 0.2) is 6.10 Å². The second-order valence-corrected chi connectivity index (χ2v) is 8.39. The second-order valence-electron chi connectivity index (χ2n) is 8.39. The fourth-order valence-electron chi connectivity index (χ4n) is 4.33. The van der Waals surface area contributed by atoms with Crippen molar-refractivity contribution in [3.63, 3.8) is 0 Å². The summed E-state index contributed by atoms with van der Waals surface area (Å²) in [7, 11) is 0. The zero-order valence-electron chi connectivity index (χ0n) is 19.2. The lowest BCUT2D eigenvalue weighted by Gasteiger charge is -2.39. The molecule has 1 fully saturated rings. The molecule has 1 saturated heterocycles. The molecule has 9 nitrogen and oxygen atoms in total. The number of cyclic esters (lactones) is 1. The van der Waals surface area contributed by atoms with Crippen LogP contribution in [0.3, 0.4) is 0 Å². The molecule has 1 aromatic heterocycles. The van der Waals surface area contributed by atoms with Gasteiger partial charge in [-0.25, -0.2) is 24.5 Å². The van der Waals surface area contributed by atoms with Gasteiger partial charge in [-0.2, -0.15) is 13.2 Å². The number of carbonyl (C=O) groups excluding carboxylic acids is 2. The predicted octanol–water partition coefficient (Wildman–Crippen LogP) is 3.78. The Balaban J connectivity index is 1.53. The van der Waals surface area contributed by atoms with E-state index in [4.69, 9.17) is 9.47 Å². The van der Waals surface area contributed by atoms with Crippen LogP contribution in [-0.2, 0) is 16.0 Å². The van der Waals surface area contributed by atoms with E-state index in [1.807, 2.05) is 6.07 Å². The maximum absolute atomic E-state index is 13.5. The molecule has 1 aromatic carbocycles. The summed E-state index contributed by atoms with van der Waals surface area (Å²) in [6, 6.07) is 3.77. The molecule has 3 amide bonds. The summed E-state index contributed by atoms with van der Waals surface area (Å²) < 4.78 is 51.3. The molecule has 3 atom stereocenters. The standard InChI is InChI=1S/C23H24F3N5O4/c1-4-34-16-8-17(23(24,25)26)30-22(3,9-16)19-13(2)31(21(33)35-19)20(32)28-11-15-7-5-6-14-10-27-12-29-18(14)15/h5-10,12-13,19,30H,4,11H2,1-3H3,(H,28,32)/t13-,19-,22?/m0/s1. The van der Waals surface area contributed by atoms with E-state index in [0.717, 1.165) is 16.4 Å². The number of benzene rings is 1. The number of dihydropyridines is 1. The minimum Gasteiger partial charge on any atom is -0.494 e. The van der Waals surface area contributed by atoms with Crippen LogP contribution in [0.4, 0.5) is 22.8 Å². The van der Waals surface area contributed by atoms with Gasteiger partial charge in [-0.15, -0.1) is 0 Å². The maximum atomic E-state index is 13.5. The molecule has 0 radical (unpaired) electrons. The third-order valence-corrected chi connectivity index (χ3v) is 5.88. The number of urea groups is 1. The third kappa shape index (κ3) is 4.73. The summed E-state index contributed by atoms with van der Waals surface area (Å²) in [6.07, 6.45) is -1.44. The quantitative estimate of drug-likeness (QED) is 0.656. The minimum atomic E-state index is -4.68. The molecular weight excluding hydrogens is 467 g/mol. The molecule has 0 bridgehead atoms. The molecule has 0 aliphatic carbocycles. The van der Waals surface area contributed by atoms with Gasteiger partial charge in [0, 0.05) is 24.2 Å². The van der Waals surface area contributed by atoms with Crippen molar-refractivity contribution in [3.8, 4) is 0 Å². The van der Waals surface area contributed by atoms with Crippen LogP contribution in [0, 0.1) is 0 Å². The Morgan fingerprint density at radius 3 is 2.86 bits per heavy atom. The number of aromatic nitrogens is 2. The molecule has 0 spiro atoms. The number of hydrogen-bond donors (Lipinski definition) is 2. The van der Waals surface area contributed by atoms with Gasteiger partial charge < -0.3 is 20.1 Å². The molecule has 0 saturated carbocycles. The lowest BCUT2D eigenvalue weighted by molar-refractivity contribution is -0.101. The molecule has 2 N–H and O–H groups in total. The Hall–Kier alpha value is -3.83. The molecule has 2 aliphatic heterocycles. The Morgan fingerprint density at radius 1 is 1.37 bits per heavy atom. The van der Waals surface area contributed by atoms with Crippen LogP contribution in [0.25, 0.3) is 10.9 Å². The topological polar surface area (TPSA) is 106 Å². The lowest BCUT2D eigenvalue weighted by atomic mass is 9.86. The number of alkyl halides is 3. The van der Waals surface area contributed by atoms with Crippen molar-refractivity contribution in [2.75, 3.05) is 6.61 Å². The van der Waals surface area contributed by atoms with E-state index in [1.165, 1.54) is 26.3 Å². The van der Waals surface area contributed by atoms with Gasteiger partial charge >= 0.3 is 18.3 Å². The Kier molecular flexibility index (Phi) is 6.30. The van der Waals surface area contributed by atoms with Gasteiger partial charge in [-0.1, -0.05) is 18.2 Å². The normalized spacial score (nSPS) is 24.4. The number of carbonyl (C=O) groups is 2. The van der Waals surface area contributed by atoms with E-state index in [2.05, 4.69) is 20.6 Å². The van der Waals surface area contributed by atoms with Gasteiger partial charge in [0.05, 0.1) is 23.7 Å². The minimum absolute atomic E-state index is 0.00910. The predicted molar refractivity (Wildman–Crippen MR) is 119 cm³/mol. The molecule has 2 aromatic rings. The molecule has 2 aliphatic rings. The monoisotopic (exact) mass is 491 g/mol. The van der Waals surface area contributed by atoms with Crippen molar-refractivity contribution in [3.05, 3.63) is 59.9 Å². The van der Waals surface area contributed by atoms with Crippen molar-refractivity contribution >= 4 is 23.0 Å². The van der Waals surface area contributed by atoms with Crippen LogP contribution in [0.15, 0.2) is 54.3 Å². The van der Waals surface area contributed by atoms with Crippen molar-refractivity contribution in [1.29, 1.82) is 0 Å². The number of ether oxygens (including phenoxy) is 2. The summed E-state index contributed by atoms with van der Waals surface area (Å²) >= 11 is 0. The van der Waals surface area contributed by atoms with Crippen molar-refractivity contribution < 1.29 is 32.2 Å². The Morgan fingerprint density at radius 2 is 2.14 bits per heavy atom. The zero-order valence-corrected chi connectivity index (χ0v) is 19.2. The fraction of sp³-hybridized carbons (Fsp3) is 0.391. The van der Waals surface area contributed by atoms with Crippen molar-refractivity contribution in [2.45, 2.75) is 51.2 Å². The number of nitrogens with zero attached hydrogens (tertiary/aromatic N) is 3. The molecular formula is C23H24F3N5O4. The fourth-order valence-corrected chi connectivity index (χ4v) is 4.33. The number of nitrogens with one attached hydrogen (secondary N) is 2. The summed E-state index contributed by atoms with van der Waals surface area (Å²) in [5.41, 5.74) is -1.16. The molecule has 35 heavy (non-hydrogen) atoms. The van der Waals surface area contributed by atoms with Crippen molar-refractivity contribution in [2.24, 2.45) is 0 Å². The molecule has 4 rings (SSSR count). The molecule has 186 valence electrons.